The van der Waals surface area contributed by atoms with Gasteiger partial charge in [-0.3, -0.25) is 0 Å². The number of carbonyl (C=O) groups is 1. The Kier molecular flexibility index (Phi) is 3.70. The van der Waals surface area contributed by atoms with E-state index in [-0.39, 0.29) is 6.09 Å². The lowest BCUT2D eigenvalue weighted by Crippen LogP contribution is -2.47. The first-order valence-electron chi connectivity index (χ1n) is 4.93. The molecule has 4 heteroatoms. The van der Waals surface area contributed by atoms with Crippen LogP contribution in [0.4, 0.5) is 4.79 Å². The summed E-state index contributed by atoms with van der Waals surface area (Å²) in [5, 5.41) is 3.58. The highest BCUT2D eigenvalue weighted by Gasteiger charge is 2.30. The summed E-state index contributed by atoms with van der Waals surface area (Å²) in [6.45, 7) is 5.62. The first-order valence-corrected chi connectivity index (χ1v) is 6.22. The van der Waals surface area contributed by atoms with Gasteiger partial charge in [-0.15, -0.1) is 0 Å². The molecular weight excluding hydrogens is 198 g/mol. The van der Waals surface area contributed by atoms with Crippen LogP contribution in [0.5, 0.6) is 0 Å². The Balaban J connectivity index is 2.17. The first-order chi connectivity index (χ1) is 6.40. The van der Waals surface area contributed by atoms with Crippen LogP contribution >= 0.6 is 11.8 Å². The van der Waals surface area contributed by atoms with Gasteiger partial charge in [0.1, 0.15) is 5.60 Å². The molecule has 1 fully saturated rings. The molecule has 1 amide bonds. The smallest absolute Gasteiger partial charge is 0.407 e. The number of hydrogen-bond donors (Lipinski definition) is 1. The SMILES string of the molecule is CSC1CC(NC(=O)OC(C)(C)C)C1. The average molecular weight is 217 g/mol. The van der Waals surface area contributed by atoms with Crippen molar-refractivity contribution in [3.8, 4) is 0 Å². The van der Waals surface area contributed by atoms with Gasteiger partial charge in [0.25, 0.3) is 0 Å². The zero-order valence-corrected chi connectivity index (χ0v) is 10.1. The lowest BCUT2D eigenvalue weighted by molar-refractivity contribution is 0.0482. The van der Waals surface area contributed by atoms with Gasteiger partial charge in [0, 0.05) is 11.3 Å². The summed E-state index contributed by atoms with van der Waals surface area (Å²) >= 11 is 1.86. The summed E-state index contributed by atoms with van der Waals surface area (Å²) in [5.41, 5.74) is -0.396. The zero-order valence-electron chi connectivity index (χ0n) is 9.29. The fourth-order valence-corrected chi connectivity index (χ4v) is 2.20. The Hall–Kier alpha value is -0.380. The van der Waals surface area contributed by atoms with Gasteiger partial charge in [-0.1, -0.05) is 0 Å². The summed E-state index contributed by atoms with van der Waals surface area (Å²) < 4.78 is 5.16. The van der Waals surface area contributed by atoms with Crippen molar-refractivity contribution in [2.75, 3.05) is 6.26 Å². The number of amides is 1. The minimum absolute atomic E-state index is 0.290. The molecule has 0 radical (unpaired) electrons. The minimum Gasteiger partial charge on any atom is -0.444 e. The lowest BCUT2D eigenvalue weighted by Gasteiger charge is -2.34. The molecule has 1 rings (SSSR count). The molecule has 0 saturated heterocycles. The Bertz CT molecular complexity index is 207. The molecule has 1 aliphatic carbocycles. The quantitative estimate of drug-likeness (QED) is 0.772. The highest BCUT2D eigenvalue weighted by atomic mass is 32.2. The van der Waals surface area contributed by atoms with Crippen LogP contribution in [0.1, 0.15) is 33.6 Å². The van der Waals surface area contributed by atoms with Crippen LogP contribution in [0.25, 0.3) is 0 Å². The van der Waals surface area contributed by atoms with Crippen molar-refractivity contribution in [3.05, 3.63) is 0 Å². The molecule has 0 heterocycles. The van der Waals surface area contributed by atoms with Crippen LogP contribution < -0.4 is 5.32 Å². The maximum absolute atomic E-state index is 11.3. The summed E-state index contributed by atoms with van der Waals surface area (Å²) in [4.78, 5) is 11.3. The van der Waals surface area contributed by atoms with E-state index in [1.165, 1.54) is 0 Å². The molecule has 1 saturated carbocycles. The van der Waals surface area contributed by atoms with E-state index in [0.717, 1.165) is 18.1 Å². The molecule has 0 aromatic carbocycles. The molecule has 82 valence electrons. The van der Waals surface area contributed by atoms with E-state index < -0.39 is 5.60 Å². The van der Waals surface area contributed by atoms with Crippen molar-refractivity contribution in [2.45, 2.75) is 50.5 Å². The van der Waals surface area contributed by atoms with E-state index >= 15 is 0 Å². The second-order valence-corrected chi connectivity index (χ2v) is 5.81. The topological polar surface area (TPSA) is 38.3 Å². The maximum atomic E-state index is 11.3. The number of hydrogen-bond acceptors (Lipinski definition) is 3. The molecule has 0 bridgehead atoms. The van der Waals surface area contributed by atoms with Crippen molar-refractivity contribution in [1.82, 2.24) is 5.32 Å². The second kappa shape index (κ2) is 4.43. The van der Waals surface area contributed by atoms with Gasteiger partial charge in [-0.05, 0) is 39.9 Å². The van der Waals surface area contributed by atoms with E-state index in [0.29, 0.717) is 6.04 Å². The van der Waals surface area contributed by atoms with Crippen LogP contribution in [-0.4, -0.2) is 29.2 Å². The van der Waals surface area contributed by atoms with Crippen molar-refractivity contribution in [3.63, 3.8) is 0 Å². The standard InChI is InChI=1S/C10H19NO2S/c1-10(2,3)13-9(12)11-7-5-8(6-7)14-4/h7-8H,5-6H2,1-4H3,(H,11,12). The van der Waals surface area contributed by atoms with Crippen LogP contribution in [0, 0.1) is 0 Å². The monoisotopic (exact) mass is 217 g/mol. The number of nitrogens with one attached hydrogen (secondary N) is 1. The Morgan fingerprint density at radius 1 is 1.43 bits per heavy atom. The number of thioether (sulfide) groups is 1. The van der Waals surface area contributed by atoms with Gasteiger partial charge in [-0.2, -0.15) is 11.8 Å². The highest BCUT2D eigenvalue weighted by molar-refractivity contribution is 7.99. The number of carbonyl (C=O) groups excluding carboxylic acids is 1. The first kappa shape index (κ1) is 11.7. The van der Waals surface area contributed by atoms with Gasteiger partial charge in [0.05, 0.1) is 0 Å². The normalized spacial score (nSPS) is 26.6. The number of rotatable bonds is 2. The highest BCUT2D eigenvalue weighted by Crippen LogP contribution is 2.30. The van der Waals surface area contributed by atoms with Crippen molar-refractivity contribution in [2.24, 2.45) is 0 Å². The van der Waals surface area contributed by atoms with Gasteiger partial charge < -0.3 is 10.1 Å². The van der Waals surface area contributed by atoms with Crippen molar-refractivity contribution < 1.29 is 9.53 Å². The molecule has 1 aliphatic rings. The molecule has 0 unspecified atom stereocenters. The molecule has 0 atom stereocenters. The van der Waals surface area contributed by atoms with Gasteiger partial charge in [-0.25, -0.2) is 4.79 Å². The molecule has 0 aromatic heterocycles. The Morgan fingerprint density at radius 2 is 2.00 bits per heavy atom. The molecule has 0 aliphatic heterocycles. The van der Waals surface area contributed by atoms with Gasteiger partial charge in [0.15, 0.2) is 0 Å². The van der Waals surface area contributed by atoms with E-state index in [9.17, 15) is 4.79 Å². The lowest BCUT2D eigenvalue weighted by atomic mass is 9.92. The number of alkyl carbamates (subject to hydrolysis) is 1. The maximum Gasteiger partial charge on any atom is 0.407 e. The molecule has 1 N–H and O–H groups in total. The molecule has 14 heavy (non-hydrogen) atoms. The zero-order chi connectivity index (χ0) is 10.8. The third-order valence-corrected chi connectivity index (χ3v) is 3.20. The van der Waals surface area contributed by atoms with E-state index in [2.05, 4.69) is 11.6 Å². The van der Waals surface area contributed by atoms with Crippen LogP contribution in [0.2, 0.25) is 0 Å². The van der Waals surface area contributed by atoms with Crippen LogP contribution in [0.15, 0.2) is 0 Å². The van der Waals surface area contributed by atoms with Crippen LogP contribution in [-0.2, 0) is 4.74 Å². The minimum atomic E-state index is -0.396. The van der Waals surface area contributed by atoms with E-state index in [4.69, 9.17) is 4.74 Å². The van der Waals surface area contributed by atoms with E-state index in [1.54, 1.807) is 0 Å². The summed E-state index contributed by atoms with van der Waals surface area (Å²) in [5.74, 6) is 0. The fraction of sp³-hybridized carbons (Fsp3) is 0.900. The molecule has 0 spiro atoms. The van der Waals surface area contributed by atoms with Gasteiger partial charge in [0.2, 0.25) is 0 Å². The van der Waals surface area contributed by atoms with Crippen molar-refractivity contribution >= 4 is 17.9 Å². The Morgan fingerprint density at radius 3 is 2.43 bits per heavy atom. The predicted octanol–water partition coefficient (Wildman–Crippen LogP) is 2.41. The molecule has 0 aromatic rings. The molecule has 3 nitrogen and oxygen atoms in total. The van der Waals surface area contributed by atoms with Crippen molar-refractivity contribution in [1.29, 1.82) is 0 Å². The summed E-state index contributed by atoms with van der Waals surface area (Å²) in [7, 11) is 0. The Labute approximate surface area is 90.0 Å². The predicted molar refractivity (Wildman–Crippen MR) is 59.7 cm³/mol. The third-order valence-electron chi connectivity index (χ3n) is 2.15. The summed E-state index contributed by atoms with van der Waals surface area (Å²) in [6.07, 6.45) is 3.96. The average Bonchev–Trinajstić information content (AvgIpc) is 1.91. The third kappa shape index (κ3) is 3.78. The number of ether oxygens (including phenoxy) is 1. The largest absolute Gasteiger partial charge is 0.444 e. The van der Waals surface area contributed by atoms with Gasteiger partial charge >= 0.3 is 6.09 Å². The van der Waals surface area contributed by atoms with Crippen LogP contribution in [0.3, 0.4) is 0 Å². The molecular formula is C10H19NO2S. The van der Waals surface area contributed by atoms with E-state index in [1.807, 2.05) is 32.5 Å². The fourth-order valence-electron chi connectivity index (χ4n) is 1.35. The summed E-state index contributed by atoms with van der Waals surface area (Å²) in [6, 6.07) is 0.322. The second-order valence-electron chi connectivity index (χ2n) is 4.67.